The molecule has 1 aromatic heterocycles. The number of rotatable bonds is 15. The molecule has 1 unspecified atom stereocenters. The van der Waals surface area contributed by atoms with Crippen LogP contribution in [0.2, 0.25) is 0 Å². The molecule has 6 rings (SSSR count). The standard InChI is InChI=1S/C36H41BrN6O7/c1-4-6-16-28(45)38-19-22(3)49-35(48)29-30-33(46)43(27(20-44)23-12-8-7-9-13-23)32(36(30)18-24(37)31(29)50-36)34(47)41(17-5-2)21-42-26-15-11-10-14-25(26)39-40-42/h4-5,7-15,22,24,27,29-32,44H,1-2,6,16-21H2,3H3,(H,38,45)/t22-,24?,27+,29+,30-,31+,32+,36-/m0/s1. The van der Waals surface area contributed by atoms with Gasteiger partial charge < -0.3 is 29.7 Å². The van der Waals surface area contributed by atoms with Crippen molar-refractivity contribution in [1.82, 2.24) is 30.1 Å². The van der Waals surface area contributed by atoms with Crippen LogP contribution in [0.15, 0.2) is 79.9 Å². The van der Waals surface area contributed by atoms with E-state index in [4.69, 9.17) is 9.47 Å². The number of hydrogen-bond acceptors (Lipinski definition) is 9. The number of benzene rings is 2. The van der Waals surface area contributed by atoms with Crippen LogP contribution >= 0.6 is 15.9 Å². The fourth-order valence-corrected chi connectivity index (χ4v) is 8.55. The quantitative estimate of drug-likeness (QED) is 0.136. The molecule has 8 atom stereocenters. The van der Waals surface area contributed by atoms with Crippen molar-refractivity contribution >= 4 is 50.7 Å². The van der Waals surface area contributed by atoms with Gasteiger partial charge in [0.2, 0.25) is 17.7 Å². The summed E-state index contributed by atoms with van der Waals surface area (Å²) in [4.78, 5) is 58.5. The molecule has 0 aliphatic carbocycles. The van der Waals surface area contributed by atoms with E-state index in [1.54, 1.807) is 48.0 Å². The number of carbonyl (C=O) groups excluding carboxylic acids is 4. The number of halogens is 1. The van der Waals surface area contributed by atoms with E-state index in [0.717, 1.165) is 5.52 Å². The number of para-hydroxylation sites is 1. The van der Waals surface area contributed by atoms with Crippen LogP contribution in [-0.4, -0.2) is 102 Å². The van der Waals surface area contributed by atoms with Crippen molar-refractivity contribution in [2.24, 2.45) is 11.8 Å². The zero-order valence-corrected chi connectivity index (χ0v) is 29.4. The molecule has 0 saturated carbocycles. The summed E-state index contributed by atoms with van der Waals surface area (Å²) in [6.07, 6.45) is 2.85. The summed E-state index contributed by atoms with van der Waals surface area (Å²) in [5, 5.41) is 22.1. The van der Waals surface area contributed by atoms with Gasteiger partial charge in [-0.25, -0.2) is 4.68 Å². The highest BCUT2D eigenvalue weighted by atomic mass is 79.9. The smallest absolute Gasteiger partial charge is 0.312 e. The Balaban J connectivity index is 1.35. The van der Waals surface area contributed by atoms with Crippen molar-refractivity contribution in [3.8, 4) is 0 Å². The molecule has 3 aliphatic heterocycles. The fourth-order valence-electron chi connectivity index (χ4n) is 7.61. The number of fused-ring (bicyclic) bond motifs is 2. The first-order chi connectivity index (χ1) is 24.1. The van der Waals surface area contributed by atoms with Crippen molar-refractivity contribution in [3.05, 3.63) is 85.5 Å². The Labute approximate surface area is 298 Å². The number of ether oxygens (including phenoxy) is 2. The number of carbonyl (C=O) groups is 4. The van der Waals surface area contributed by atoms with Gasteiger partial charge in [-0.3, -0.25) is 19.2 Å². The number of aliphatic hydroxyl groups excluding tert-OH is 1. The molecule has 264 valence electrons. The summed E-state index contributed by atoms with van der Waals surface area (Å²) in [6, 6.07) is 14.2. The maximum atomic E-state index is 15.0. The van der Waals surface area contributed by atoms with Gasteiger partial charge in [0.15, 0.2) is 0 Å². The van der Waals surface area contributed by atoms with E-state index in [1.165, 1.54) is 9.80 Å². The summed E-state index contributed by atoms with van der Waals surface area (Å²) in [5.74, 6) is -3.88. The lowest BCUT2D eigenvalue weighted by Crippen LogP contribution is -2.57. The van der Waals surface area contributed by atoms with Crippen LogP contribution in [0, 0.1) is 11.8 Å². The molecular weight excluding hydrogens is 708 g/mol. The van der Waals surface area contributed by atoms with Crippen molar-refractivity contribution in [3.63, 3.8) is 0 Å². The van der Waals surface area contributed by atoms with Crippen molar-refractivity contribution in [1.29, 1.82) is 0 Å². The number of esters is 1. The zero-order valence-electron chi connectivity index (χ0n) is 27.8. The molecule has 1 spiro atoms. The molecule has 3 amide bonds. The topological polar surface area (TPSA) is 156 Å². The van der Waals surface area contributed by atoms with Crippen molar-refractivity contribution < 1.29 is 33.8 Å². The van der Waals surface area contributed by atoms with E-state index in [-0.39, 0.29) is 43.3 Å². The number of alkyl halides is 1. The highest BCUT2D eigenvalue weighted by Gasteiger charge is 2.77. The predicted molar refractivity (Wildman–Crippen MR) is 186 cm³/mol. The van der Waals surface area contributed by atoms with E-state index in [1.807, 2.05) is 30.3 Å². The van der Waals surface area contributed by atoms with Gasteiger partial charge in [0.05, 0.1) is 42.6 Å². The molecule has 3 fully saturated rings. The first-order valence-corrected chi connectivity index (χ1v) is 17.6. The summed E-state index contributed by atoms with van der Waals surface area (Å²) < 4.78 is 14.1. The van der Waals surface area contributed by atoms with Crippen LogP contribution in [0.4, 0.5) is 0 Å². The third-order valence-corrected chi connectivity index (χ3v) is 10.6. The van der Waals surface area contributed by atoms with E-state index >= 15 is 0 Å². The second-order valence-electron chi connectivity index (χ2n) is 13.0. The zero-order chi connectivity index (χ0) is 35.6. The molecule has 2 aromatic carbocycles. The minimum Gasteiger partial charge on any atom is -0.460 e. The van der Waals surface area contributed by atoms with Gasteiger partial charge >= 0.3 is 5.97 Å². The Kier molecular flexibility index (Phi) is 10.5. The summed E-state index contributed by atoms with van der Waals surface area (Å²) in [7, 11) is 0. The highest BCUT2D eigenvalue weighted by Crippen LogP contribution is 2.61. The van der Waals surface area contributed by atoms with Crippen LogP contribution in [0.3, 0.4) is 0 Å². The second kappa shape index (κ2) is 14.8. The summed E-state index contributed by atoms with van der Waals surface area (Å²) in [5.41, 5.74) is 0.589. The lowest BCUT2D eigenvalue weighted by molar-refractivity contribution is -0.160. The van der Waals surface area contributed by atoms with E-state index in [9.17, 15) is 24.3 Å². The van der Waals surface area contributed by atoms with Crippen LogP contribution < -0.4 is 5.32 Å². The van der Waals surface area contributed by atoms with E-state index in [0.29, 0.717) is 17.5 Å². The summed E-state index contributed by atoms with van der Waals surface area (Å²) in [6.45, 7) is 8.88. The van der Waals surface area contributed by atoms with Crippen LogP contribution in [0.5, 0.6) is 0 Å². The fraction of sp³-hybridized carbons (Fsp3) is 0.444. The van der Waals surface area contributed by atoms with Crippen LogP contribution in [0.25, 0.3) is 11.0 Å². The van der Waals surface area contributed by atoms with Gasteiger partial charge in [-0.1, -0.05) is 75.8 Å². The van der Waals surface area contributed by atoms with Gasteiger partial charge in [0.1, 0.15) is 29.9 Å². The molecule has 3 aromatic rings. The Morgan fingerprint density at radius 2 is 1.92 bits per heavy atom. The number of amides is 3. The average molecular weight is 750 g/mol. The Morgan fingerprint density at radius 3 is 2.64 bits per heavy atom. The van der Waals surface area contributed by atoms with Gasteiger partial charge in [0, 0.05) is 17.8 Å². The number of nitrogens with zero attached hydrogens (tertiary/aromatic N) is 5. The third kappa shape index (κ3) is 6.35. The monoisotopic (exact) mass is 748 g/mol. The number of aromatic nitrogens is 3. The minimum atomic E-state index is -1.41. The number of allylic oxidation sites excluding steroid dienone is 1. The Bertz CT molecular complexity index is 1770. The molecule has 2 N–H and O–H groups in total. The number of likely N-dealkylation sites (tertiary alicyclic amines) is 1. The van der Waals surface area contributed by atoms with Crippen LogP contribution in [-0.2, 0) is 35.3 Å². The lowest BCUT2D eigenvalue weighted by atomic mass is 9.70. The lowest BCUT2D eigenvalue weighted by Gasteiger charge is -2.39. The maximum absolute atomic E-state index is 15.0. The molecule has 0 radical (unpaired) electrons. The van der Waals surface area contributed by atoms with Crippen molar-refractivity contribution in [2.75, 3.05) is 19.7 Å². The first kappa shape index (κ1) is 35.4. The van der Waals surface area contributed by atoms with Crippen molar-refractivity contribution in [2.45, 2.75) is 67.6 Å². The molecular formula is C36H41BrN6O7. The number of nitrogens with one attached hydrogen (secondary N) is 1. The normalized spacial score (nSPS) is 26.3. The Morgan fingerprint density at radius 1 is 1.18 bits per heavy atom. The maximum Gasteiger partial charge on any atom is 0.312 e. The third-order valence-electron chi connectivity index (χ3n) is 9.79. The van der Waals surface area contributed by atoms with Gasteiger partial charge in [-0.15, -0.1) is 18.3 Å². The molecule has 14 heteroatoms. The van der Waals surface area contributed by atoms with Crippen LogP contribution in [0.1, 0.15) is 37.8 Å². The molecule has 13 nitrogen and oxygen atoms in total. The van der Waals surface area contributed by atoms with Gasteiger partial charge in [-0.05, 0) is 37.5 Å². The summed E-state index contributed by atoms with van der Waals surface area (Å²) >= 11 is 3.69. The predicted octanol–water partition coefficient (Wildman–Crippen LogP) is 2.90. The van der Waals surface area contributed by atoms with E-state index in [2.05, 4.69) is 44.7 Å². The Hall–Kier alpha value is -4.40. The average Bonchev–Trinajstić information content (AvgIpc) is 3.84. The molecule has 4 heterocycles. The van der Waals surface area contributed by atoms with Gasteiger partial charge in [-0.2, -0.15) is 0 Å². The SMILES string of the molecule is C=CCCC(=O)NC[C@H](C)OC(=O)[C@H]1[C@@H]2O[C@@]3(CC2Br)[C@@H]1C(=O)N([C@H](CO)c1ccccc1)[C@@H]3C(=O)N(CC=C)Cn1nnc2ccccc21. The molecule has 3 saturated heterocycles. The van der Waals surface area contributed by atoms with E-state index < -0.39 is 66.1 Å². The minimum absolute atomic E-state index is 0.00243. The number of aliphatic hydroxyl groups is 1. The molecule has 2 bridgehead atoms. The second-order valence-corrected chi connectivity index (χ2v) is 14.1. The first-order valence-electron chi connectivity index (χ1n) is 16.7. The molecule has 50 heavy (non-hydrogen) atoms. The number of hydrogen-bond donors (Lipinski definition) is 2. The molecule has 3 aliphatic rings. The van der Waals surface area contributed by atoms with Gasteiger partial charge in [0.25, 0.3) is 0 Å². The highest BCUT2D eigenvalue weighted by molar-refractivity contribution is 9.09. The largest absolute Gasteiger partial charge is 0.460 e.